The second kappa shape index (κ2) is 20.4. The van der Waals surface area contributed by atoms with Crippen molar-refractivity contribution >= 4 is 132 Å². The predicted molar refractivity (Wildman–Crippen MR) is 363 cm³/mol. The molecule has 0 amide bonds. The Morgan fingerprint density at radius 1 is 0.368 bits per heavy atom. The van der Waals surface area contributed by atoms with Crippen LogP contribution in [0, 0.1) is 0 Å². The van der Waals surface area contributed by atoms with Gasteiger partial charge < -0.3 is 32.4 Å². The third kappa shape index (κ3) is 7.99. The maximum absolute atomic E-state index is 16.2. The summed E-state index contributed by atoms with van der Waals surface area (Å²) in [4.78, 5) is 31.9. The molecule has 0 unspecified atom stereocenters. The van der Waals surface area contributed by atoms with Crippen LogP contribution in [0.5, 0.6) is 0 Å². The first-order chi connectivity index (χ1) is 42.5. The number of rotatable bonds is 10. The molecular formula is C77H56N6O4. The zero-order valence-corrected chi connectivity index (χ0v) is 47.6. The molecule has 0 spiro atoms. The smallest absolute Gasteiger partial charge is 0.340 e. The lowest BCUT2D eigenvalue weighted by molar-refractivity contribution is 0.0526. The maximum atomic E-state index is 16.2. The second-order valence-corrected chi connectivity index (χ2v) is 22.1. The molecule has 0 aliphatic rings. The first-order valence-corrected chi connectivity index (χ1v) is 28.9. The van der Waals surface area contributed by atoms with Crippen molar-refractivity contribution in [3.05, 3.63) is 242 Å². The fourth-order valence-electron chi connectivity index (χ4n) is 13.8. The molecule has 15 aromatic carbocycles. The van der Waals surface area contributed by atoms with Crippen molar-refractivity contribution in [1.82, 2.24) is 0 Å². The Labute approximate surface area is 500 Å². The SMILES string of the molecule is CCOC(=O)c1c(N)c(-c2cccc3ccccc23)c(C(=O)OC)c(-c2c(N)c(-c3cccc4cc5ccccc5cc34)c(N)c(-c3c(N)cc4ccc5cccc6ccc3c4c56)c2N(N)c2cccc3ccccc23)c1-c1cccc2ccccc12. The molecule has 0 radical (unpaired) electrons. The van der Waals surface area contributed by atoms with E-state index in [1.807, 2.05) is 158 Å². The second-order valence-electron chi connectivity index (χ2n) is 22.1. The van der Waals surface area contributed by atoms with Gasteiger partial charge in [0.15, 0.2) is 0 Å². The molecule has 0 heterocycles. The predicted octanol–water partition coefficient (Wildman–Crippen LogP) is 18.0. The topological polar surface area (TPSA) is 186 Å². The number of methoxy groups -OCH3 is 1. The van der Waals surface area contributed by atoms with Crippen molar-refractivity contribution in [1.29, 1.82) is 0 Å². The van der Waals surface area contributed by atoms with Gasteiger partial charge in [0, 0.05) is 50.0 Å². The Bertz CT molecular complexity index is 5390. The van der Waals surface area contributed by atoms with Crippen molar-refractivity contribution in [3.8, 4) is 55.6 Å². The fraction of sp³-hybridized carbons (Fsp3) is 0.0390. The van der Waals surface area contributed by atoms with Crippen LogP contribution in [0.4, 0.5) is 34.1 Å². The number of hydrazine groups is 1. The van der Waals surface area contributed by atoms with E-state index in [0.29, 0.717) is 44.8 Å². The van der Waals surface area contributed by atoms with Crippen molar-refractivity contribution in [2.24, 2.45) is 5.84 Å². The van der Waals surface area contributed by atoms with Crippen LogP contribution in [-0.4, -0.2) is 25.7 Å². The molecule has 0 fully saturated rings. The minimum Gasteiger partial charge on any atom is -0.465 e. The van der Waals surface area contributed by atoms with E-state index < -0.39 is 11.9 Å². The van der Waals surface area contributed by atoms with E-state index in [1.165, 1.54) is 7.11 Å². The number of esters is 2. The van der Waals surface area contributed by atoms with E-state index in [0.717, 1.165) is 86.2 Å². The lowest BCUT2D eigenvalue weighted by Gasteiger charge is -2.33. The Morgan fingerprint density at radius 2 is 0.851 bits per heavy atom. The van der Waals surface area contributed by atoms with Crippen LogP contribution < -0.4 is 33.8 Å². The van der Waals surface area contributed by atoms with Gasteiger partial charge in [-0.1, -0.05) is 206 Å². The van der Waals surface area contributed by atoms with Crippen molar-refractivity contribution in [2.45, 2.75) is 6.92 Å². The van der Waals surface area contributed by atoms with E-state index in [2.05, 4.69) is 72.8 Å². The Morgan fingerprint density at radius 3 is 1.48 bits per heavy atom. The largest absolute Gasteiger partial charge is 0.465 e. The number of anilines is 6. The van der Waals surface area contributed by atoms with Crippen LogP contribution in [0.15, 0.2) is 231 Å². The third-order valence-electron chi connectivity index (χ3n) is 17.5. The highest BCUT2D eigenvalue weighted by Crippen LogP contribution is 2.61. The van der Waals surface area contributed by atoms with Gasteiger partial charge in [-0.3, -0.25) is 5.01 Å². The van der Waals surface area contributed by atoms with Crippen molar-refractivity contribution in [2.75, 3.05) is 41.7 Å². The lowest BCUT2D eigenvalue weighted by Crippen LogP contribution is -2.28. The summed E-state index contributed by atoms with van der Waals surface area (Å²) in [6, 6.07) is 76.6. The molecule has 15 rings (SSSR count). The third-order valence-corrected chi connectivity index (χ3v) is 17.5. The van der Waals surface area contributed by atoms with Crippen LogP contribution in [0.1, 0.15) is 27.6 Å². The lowest BCUT2D eigenvalue weighted by atomic mass is 9.76. The van der Waals surface area contributed by atoms with E-state index in [9.17, 15) is 0 Å². The normalized spacial score (nSPS) is 11.7. The monoisotopic (exact) mass is 1130 g/mol. The van der Waals surface area contributed by atoms with E-state index in [4.69, 9.17) is 38.3 Å². The molecule has 0 saturated carbocycles. The number of carbonyl (C=O) groups is 2. The van der Waals surface area contributed by atoms with Crippen LogP contribution in [0.2, 0.25) is 0 Å². The number of nitrogens with two attached hydrogens (primary N) is 5. The summed E-state index contributed by atoms with van der Waals surface area (Å²) in [7, 11) is 1.34. The minimum atomic E-state index is -0.769. The van der Waals surface area contributed by atoms with Gasteiger partial charge in [0.2, 0.25) is 0 Å². The van der Waals surface area contributed by atoms with E-state index in [-0.39, 0.29) is 62.7 Å². The molecular weight excluding hydrogens is 1070 g/mol. The molecule has 0 saturated heterocycles. The molecule has 0 aliphatic heterocycles. The number of nitrogens with zero attached hydrogens (tertiary/aromatic N) is 1. The summed E-state index contributed by atoms with van der Waals surface area (Å²) in [6.07, 6.45) is 0. The van der Waals surface area contributed by atoms with Crippen molar-refractivity contribution < 1.29 is 19.1 Å². The summed E-state index contributed by atoms with van der Waals surface area (Å²) in [6.45, 7) is 1.75. The summed E-state index contributed by atoms with van der Waals surface area (Å²) in [5, 5.41) is 16.2. The number of carbonyl (C=O) groups excluding carboxylic acids is 2. The van der Waals surface area contributed by atoms with Gasteiger partial charge in [0.25, 0.3) is 0 Å². The van der Waals surface area contributed by atoms with Gasteiger partial charge in [-0.15, -0.1) is 0 Å². The molecule has 0 aliphatic carbocycles. The van der Waals surface area contributed by atoms with Gasteiger partial charge in [-0.2, -0.15) is 0 Å². The Kier molecular flexibility index (Phi) is 12.3. The number of fused-ring (bicyclic) bond motifs is 5. The molecule has 15 aromatic rings. The summed E-state index contributed by atoms with van der Waals surface area (Å²) in [5.41, 5.74) is 37.8. The first-order valence-electron chi connectivity index (χ1n) is 28.9. The Hall–Kier alpha value is -11.5. The van der Waals surface area contributed by atoms with Crippen LogP contribution in [-0.2, 0) is 9.47 Å². The average Bonchev–Trinajstić information content (AvgIpc) is 0.735. The highest BCUT2D eigenvalue weighted by atomic mass is 16.5. The quantitative estimate of drug-likeness (QED) is 0.0220. The minimum absolute atomic E-state index is 0.00308. The molecule has 418 valence electrons. The fourth-order valence-corrected chi connectivity index (χ4v) is 13.8. The average molecular weight is 1130 g/mol. The molecule has 0 atom stereocenters. The van der Waals surface area contributed by atoms with Gasteiger partial charge in [-0.05, 0) is 129 Å². The highest BCUT2D eigenvalue weighted by molar-refractivity contribution is 6.31. The first kappa shape index (κ1) is 52.4. The van der Waals surface area contributed by atoms with Crippen molar-refractivity contribution in [3.63, 3.8) is 0 Å². The highest BCUT2D eigenvalue weighted by Gasteiger charge is 2.39. The summed E-state index contributed by atoms with van der Waals surface area (Å²) < 4.78 is 12.3. The molecule has 0 bridgehead atoms. The number of nitrogen functional groups attached to an aromatic ring is 4. The molecule has 10 heteroatoms. The van der Waals surface area contributed by atoms with Gasteiger partial charge >= 0.3 is 11.9 Å². The zero-order chi connectivity index (χ0) is 59.4. The van der Waals surface area contributed by atoms with Gasteiger partial charge in [0.1, 0.15) is 0 Å². The van der Waals surface area contributed by atoms with Crippen LogP contribution in [0.25, 0.3) is 142 Å². The summed E-state index contributed by atoms with van der Waals surface area (Å²) >= 11 is 0. The maximum Gasteiger partial charge on any atom is 0.340 e. The Balaban J connectivity index is 1.26. The standard InChI is InChI=1S/C77H56N6O4/c1-3-87-77(85)71-64(54-31-13-22-42-17-6-9-28-51(42)54)67(68(76(84)86-2)65(72(71)79)55-32-14-23-43-18-7-10-29-52(43)55)70-74(81)66(56-33-15-27-49-39-47-20-4-5-21-48(47)40-58(49)56)73(80)69(75(70)83(82)60-34-16-24-44-19-8-11-30-53(44)60)63-57-38-37-46-26-12-25-45-35-36-50(41-59(63)78)62(57)61(45)46/h4-41H,3,78-82H2,1-2H3. The molecule has 10 N–H and O–H groups in total. The molecule has 87 heavy (non-hydrogen) atoms. The summed E-state index contributed by atoms with van der Waals surface area (Å²) in [5.74, 6) is 6.66. The van der Waals surface area contributed by atoms with Gasteiger partial charge in [0.05, 0.1) is 53.3 Å². The number of benzene rings is 15. The van der Waals surface area contributed by atoms with E-state index >= 15 is 9.59 Å². The van der Waals surface area contributed by atoms with E-state index in [1.54, 1.807) is 11.9 Å². The zero-order valence-electron chi connectivity index (χ0n) is 47.6. The van der Waals surface area contributed by atoms with Crippen LogP contribution in [0.3, 0.4) is 0 Å². The molecule has 10 nitrogen and oxygen atoms in total. The molecule has 0 aromatic heterocycles. The number of ether oxygens (including phenoxy) is 2. The van der Waals surface area contributed by atoms with Gasteiger partial charge in [-0.25, -0.2) is 15.4 Å². The number of hydrogen-bond acceptors (Lipinski definition) is 10. The van der Waals surface area contributed by atoms with Crippen LogP contribution >= 0.6 is 0 Å². The number of hydrogen-bond donors (Lipinski definition) is 5.